The Morgan fingerprint density at radius 1 is 1.45 bits per heavy atom. The Morgan fingerprint density at radius 2 is 2.15 bits per heavy atom. The van der Waals surface area contributed by atoms with Crippen LogP contribution in [0.4, 0.5) is 5.69 Å². The predicted octanol–water partition coefficient (Wildman–Crippen LogP) is 2.56. The summed E-state index contributed by atoms with van der Waals surface area (Å²) in [5, 5.41) is 13.2. The number of hydrogen-bond acceptors (Lipinski definition) is 4. The van der Waals surface area contributed by atoms with Crippen LogP contribution in [0.5, 0.6) is 0 Å². The second-order valence-corrected chi connectivity index (χ2v) is 5.83. The highest BCUT2D eigenvalue weighted by Gasteiger charge is 2.13. The highest BCUT2D eigenvalue weighted by molar-refractivity contribution is 9.10. The molecule has 1 aromatic rings. The minimum Gasteiger partial charge on any atom is -0.389 e. The molecule has 2 unspecified atom stereocenters. The van der Waals surface area contributed by atoms with Crippen molar-refractivity contribution in [3.63, 3.8) is 0 Å². The van der Waals surface area contributed by atoms with E-state index in [1.807, 2.05) is 11.9 Å². The van der Waals surface area contributed by atoms with Crippen LogP contribution in [0.2, 0.25) is 0 Å². The Bertz CT molecular complexity index is 415. The van der Waals surface area contributed by atoms with E-state index in [0.717, 1.165) is 16.7 Å². The second kappa shape index (κ2) is 8.62. The van der Waals surface area contributed by atoms with Gasteiger partial charge in [-0.3, -0.25) is 0 Å². The maximum atomic E-state index is 9.79. The van der Waals surface area contributed by atoms with Gasteiger partial charge in [-0.2, -0.15) is 0 Å². The quantitative estimate of drug-likeness (QED) is 0.760. The van der Waals surface area contributed by atoms with Crippen LogP contribution in [0, 0.1) is 0 Å². The zero-order chi connectivity index (χ0) is 15.1. The van der Waals surface area contributed by atoms with Gasteiger partial charge in [0.05, 0.1) is 18.4 Å². The van der Waals surface area contributed by atoms with Gasteiger partial charge in [0.2, 0.25) is 0 Å². The third-order valence-electron chi connectivity index (χ3n) is 3.24. The molecule has 1 rings (SSSR count). The van der Waals surface area contributed by atoms with E-state index in [4.69, 9.17) is 4.74 Å². The summed E-state index contributed by atoms with van der Waals surface area (Å²) in [5.41, 5.74) is 2.31. The molecular formula is C15H25BrN2O2. The lowest BCUT2D eigenvalue weighted by atomic mass is 10.1. The summed E-state index contributed by atoms with van der Waals surface area (Å²) >= 11 is 3.61. The first-order chi connectivity index (χ1) is 9.49. The molecule has 0 aliphatic carbocycles. The minimum atomic E-state index is -0.489. The van der Waals surface area contributed by atoms with Crippen molar-refractivity contribution in [1.29, 1.82) is 0 Å². The molecule has 0 aliphatic heterocycles. The molecule has 0 aliphatic rings. The van der Waals surface area contributed by atoms with Gasteiger partial charge in [-0.1, -0.05) is 13.0 Å². The number of nitrogens with one attached hydrogen (secondary N) is 1. The van der Waals surface area contributed by atoms with Crippen molar-refractivity contribution in [3.8, 4) is 0 Å². The summed E-state index contributed by atoms with van der Waals surface area (Å²) in [6, 6.07) is 6.65. The van der Waals surface area contributed by atoms with Crippen LogP contribution in [0.25, 0.3) is 0 Å². The van der Waals surface area contributed by atoms with E-state index in [1.54, 1.807) is 7.11 Å². The molecular weight excluding hydrogens is 320 g/mol. The lowest BCUT2D eigenvalue weighted by Crippen LogP contribution is -2.32. The minimum absolute atomic E-state index is 0.328. The summed E-state index contributed by atoms with van der Waals surface area (Å²) in [6.45, 7) is 6.08. The number of nitrogens with zero attached hydrogens (tertiary/aromatic N) is 1. The third kappa shape index (κ3) is 5.05. The van der Waals surface area contributed by atoms with Gasteiger partial charge in [0, 0.05) is 31.2 Å². The maximum absolute atomic E-state index is 9.79. The normalized spacial score (nSPS) is 14.1. The Balaban J connectivity index is 2.76. The molecule has 2 atom stereocenters. The first-order valence-corrected chi connectivity index (χ1v) is 7.69. The number of aliphatic hydroxyl groups excluding tert-OH is 1. The van der Waals surface area contributed by atoms with Gasteiger partial charge in [-0.15, -0.1) is 0 Å². The highest BCUT2D eigenvalue weighted by Crippen LogP contribution is 2.28. The molecule has 4 nitrogen and oxygen atoms in total. The van der Waals surface area contributed by atoms with Gasteiger partial charge < -0.3 is 20.1 Å². The van der Waals surface area contributed by atoms with Gasteiger partial charge in [0.25, 0.3) is 0 Å². The SMILES string of the molecule is CCNC(C)c1ccc(N(C)CC(O)COC)c(Br)c1. The van der Waals surface area contributed by atoms with Crippen molar-refractivity contribution in [2.24, 2.45) is 0 Å². The number of rotatable bonds is 8. The molecule has 0 heterocycles. The first-order valence-electron chi connectivity index (χ1n) is 6.90. The van der Waals surface area contributed by atoms with Crippen molar-refractivity contribution in [1.82, 2.24) is 5.32 Å². The lowest BCUT2D eigenvalue weighted by Gasteiger charge is -2.24. The van der Waals surface area contributed by atoms with Crippen LogP contribution >= 0.6 is 15.9 Å². The predicted molar refractivity (Wildman–Crippen MR) is 87.4 cm³/mol. The van der Waals surface area contributed by atoms with Crippen LogP contribution in [0.15, 0.2) is 22.7 Å². The zero-order valence-corrected chi connectivity index (χ0v) is 14.3. The van der Waals surface area contributed by atoms with E-state index in [9.17, 15) is 5.11 Å². The van der Waals surface area contributed by atoms with E-state index in [-0.39, 0.29) is 0 Å². The lowest BCUT2D eigenvalue weighted by molar-refractivity contribution is 0.0695. The molecule has 114 valence electrons. The fourth-order valence-electron chi connectivity index (χ4n) is 2.19. The van der Waals surface area contributed by atoms with E-state index in [0.29, 0.717) is 19.2 Å². The fourth-order valence-corrected chi connectivity index (χ4v) is 2.88. The summed E-state index contributed by atoms with van der Waals surface area (Å²) in [5.74, 6) is 0. The molecule has 2 N–H and O–H groups in total. The standard InChI is InChI=1S/C15H25BrN2O2/c1-5-17-11(2)12-6-7-15(14(16)8-12)18(3)9-13(19)10-20-4/h6-8,11,13,17,19H,5,9-10H2,1-4H3. The summed E-state index contributed by atoms with van der Waals surface area (Å²) in [4.78, 5) is 2.02. The van der Waals surface area contributed by atoms with E-state index in [2.05, 4.69) is 53.3 Å². The summed E-state index contributed by atoms with van der Waals surface area (Å²) in [6.07, 6.45) is -0.489. The topological polar surface area (TPSA) is 44.7 Å². The van der Waals surface area contributed by atoms with Crippen molar-refractivity contribution in [3.05, 3.63) is 28.2 Å². The average molecular weight is 345 g/mol. The van der Waals surface area contributed by atoms with E-state index < -0.39 is 6.10 Å². The molecule has 0 aromatic heterocycles. The number of likely N-dealkylation sites (N-methyl/N-ethyl adjacent to an activating group) is 1. The van der Waals surface area contributed by atoms with Gasteiger partial charge in [0.1, 0.15) is 0 Å². The van der Waals surface area contributed by atoms with Crippen LogP contribution in [-0.2, 0) is 4.74 Å². The molecule has 0 saturated carbocycles. The van der Waals surface area contributed by atoms with Crippen LogP contribution in [0.3, 0.4) is 0 Å². The monoisotopic (exact) mass is 344 g/mol. The molecule has 1 aromatic carbocycles. The van der Waals surface area contributed by atoms with E-state index in [1.165, 1.54) is 5.56 Å². The zero-order valence-electron chi connectivity index (χ0n) is 12.7. The van der Waals surface area contributed by atoms with Gasteiger partial charge in [0.15, 0.2) is 0 Å². The Morgan fingerprint density at radius 3 is 2.70 bits per heavy atom. The largest absolute Gasteiger partial charge is 0.389 e. The Kier molecular flexibility index (Phi) is 7.51. The van der Waals surface area contributed by atoms with Crippen molar-refractivity contribution in [2.45, 2.75) is 26.0 Å². The molecule has 5 heteroatoms. The number of ether oxygens (including phenoxy) is 1. The number of methoxy groups -OCH3 is 1. The van der Waals surface area contributed by atoms with Gasteiger partial charge >= 0.3 is 0 Å². The number of hydrogen-bond donors (Lipinski definition) is 2. The second-order valence-electron chi connectivity index (χ2n) is 4.98. The Labute approximate surface area is 130 Å². The van der Waals surface area contributed by atoms with Crippen LogP contribution in [-0.4, -0.2) is 45.1 Å². The molecule has 0 bridgehead atoms. The van der Waals surface area contributed by atoms with Crippen LogP contribution in [0.1, 0.15) is 25.5 Å². The fraction of sp³-hybridized carbons (Fsp3) is 0.600. The molecule has 0 radical (unpaired) electrons. The number of benzene rings is 1. The first kappa shape index (κ1) is 17.4. The van der Waals surface area contributed by atoms with Gasteiger partial charge in [-0.05, 0) is 47.1 Å². The smallest absolute Gasteiger partial charge is 0.0947 e. The summed E-state index contributed by atoms with van der Waals surface area (Å²) in [7, 11) is 3.56. The molecule has 0 fully saturated rings. The maximum Gasteiger partial charge on any atom is 0.0947 e. The number of aliphatic hydroxyl groups is 1. The number of halogens is 1. The third-order valence-corrected chi connectivity index (χ3v) is 3.87. The molecule has 20 heavy (non-hydrogen) atoms. The molecule has 0 amide bonds. The molecule has 0 spiro atoms. The van der Waals surface area contributed by atoms with Gasteiger partial charge in [-0.25, -0.2) is 0 Å². The van der Waals surface area contributed by atoms with Crippen molar-refractivity contribution >= 4 is 21.6 Å². The highest BCUT2D eigenvalue weighted by atomic mass is 79.9. The summed E-state index contributed by atoms with van der Waals surface area (Å²) < 4.78 is 5.99. The Hall–Kier alpha value is -0.620. The molecule has 0 saturated heterocycles. The van der Waals surface area contributed by atoms with Crippen LogP contribution < -0.4 is 10.2 Å². The van der Waals surface area contributed by atoms with Crippen molar-refractivity contribution in [2.75, 3.05) is 38.8 Å². The average Bonchev–Trinajstić information content (AvgIpc) is 2.38. The van der Waals surface area contributed by atoms with Crippen molar-refractivity contribution < 1.29 is 9.84 Å². The van der Waals surface area contributed by atoms with E-state index >= 15 is 0 Å². The number of anilines is 1.